The molecule has 0 aromatic carbocycles. The van der Waals surface area contributed by atoms with Gasteiger partial charge >= 0.3 is 32.4 Å². The molecule has 0 aliphatic rings. The van der Waals surface area contributed by atoms with E-state index in [0.29, 0.717) is 12.8 Å². The van der Waals surface area contributed by atoms with E-state index in [9.17, 15) is 45.6 Å². The fraction of sp³-hybridized carbons (Fsp3) is 0.895. The third kappa shape index (κ3) is 15.3. The highest BCUT2D eigenvalue weighted by molar-refractivity contribution is 7.32. The average Bonchev–Trinajstić information content (AvgIpc) is 2.75. The maximum absolute atomic E-state index is 12.4. The van der Waals surface area contributed by atoms with Gasteiger partial charge in [-0.1, -0.05) is 19.8 Å². The smallest absolute Gasteiger partial charge is 0.394 e. The van der Waals surface area contributed by atoms with E-state index in [-0.39, 0.29) is 52.0 Å². The number of aliphatic hydroxyl groups is 1. The van der Waals surface area contributed by atoms with Gasteiger partial charge in [-0.15, -0.1) is 0 Å². The SMILES string of the molecule is CCCCC(CCCNC(=O)C(F)(F)F)(CCCNC(=O)C(F)(F)F)COCC(CO)O[PH](=O)O. The lowest BCUT2D eigenvalue weighted by molar-refractivity contribution is -0.173. The van der Waals surface area contributed by atoms with Gasteiger partial charge in [-0.2, -0.15) is 26.3 Å². The second-order valence-electron chi connectivity index (χ2n) is 8.02. The molecule has 208 valence electrons. The molecule has 35 heavy (non-hydrogen) atoms. The molecule has 0 aromatic heterocycles. The average molecular weight is 546 g/mol. The first kappa shape index (κ1) is 33.6. The number of ether oxygens (including phenoxy) is 1. The summed E-state index contributed by atoms with van der Waals surface area (Å²) in [7, 11) is -3.35. The summed E-state index contributed by atoms with van der Waals surface area (Å²) in [5, 5.41) is 12.7. The number of carbonyl (C=O) groups excluding carboxylic acids is 2. The van der Waals surface area contributed by atoms with Crippen molar-refractivity contribution >= 4 is 20.1 Å². The first-order valence-electron chi connectivity index (χ1n) is 10.9. The fourth-order valence-electron chi connectivity index (χ4n) is 3.35. The Kier molecular flexibility index (Phi) is 15.7. The largest absolute Gasteiger partial charge is 0.471 e. The van der Waals surface area contributed by atoms with Crippen LogP contribution in [0, 0.1) is 5.41 Å². The van der Waals surface area contributed by atoms with Crippen LogP contribution in [-0.4, -0.2) is 73.2 Å². The van der Waals surface area contributed by atoms with E-state index in [2.05, 4.69) is 4.52 Å². The van der Waals surface area contributed by atoms with Gasteiger partial charge in [-0.3, -0.25) is 14.2 Å². The van der Waals surface area contributed by atoms with Gasteiger partial charge in [0.25, 0.3) is 0 Å². The van der Waals surface area contributed by atoms with E-state index in [1.807, 2.05) is 6.92 Å². The topological polar surface area (TPSA) is 134 Å². The number of amides is 2. The highest BCUT2D eigenvalue weighted by Crippen LogP contribution is 2.36. The summed E-state index contributed by atoms with van der Waals surface area (Å²) >= 11 is 0. The molecule has 0 saturated heterocycles. The van der Waals surface area contributed by atoms with E-state index >= 15 is 0 Å². The summed E-state index contributed by atoms with van der Waals surface area (Å²) in [5.74, 6) is -4.19. The van der Waals surface area contributed by atoms with Crippen molar-refractivity contribution in [3.05, 3.63) is 0 Å². The van der Waals surface area contributed by atoms with Crippen LogP contribution in [0.3, 0.4) is 0 Å². The molecule has 0 aliphatic carbocycles. The minimum Gasteiger partial charge on any atom is -0.394 e. The zero-order chi connectivity index (χ0) is 27.1. The zero-order valence-electron chi connectivity index (χ0n) is 19.3. The molecular weight excluding hydrogens is 513 g/mol. The number of unbranched alkanes of at least 4 members (excludes halogenated alkanes) is 1. The van der Waals surface area contributed by atoms with Crippen molar-refractivity contribution in [2.75, 3.05) is 32.9 Å². The van der Waals surface area contributed by atoms with Crippen LogP contribution in [0.5, 0.6) is 0 Å². The lowest BCUT2D eigenvalue weighted by atomic mass is 9.75. The maximum atomic E-state index is 12.4. The molecule has 0 aliphatic heterocycles. The van der Waals surface area contributed by atoms with Gasteiger partial charge in [-0.25, -0.2) is 0 Å². The number of alkyl halides is 6. The van der Waals surface area contributed by atoms with Gasteiger partial charge in [0.15, 0.2) is 0 Å². The van der Waals surface area contributed by atoms with Crippen LogP contribution in [0.1, 0.15) is 51.9 Å². The van der Waals surface area contributed by atoms with Crippen molar-refractivity contribution < 1.29 is 59.8 Å². The van der Waals surface area contributed by atoms with E-state index < -0.39 is 50.5 Å². The van der Waals surface area contributed by atoms with Crippen LogP contribution in [0.2, 0.25) is 0 Å². The number of hydrogen-bond acceptors (Lipinski definition) is 6. The Labute approximate surface area is 199 Å². The van der Waals surface area contributed by atoms with Gasteiger partial charge in [0.1, 0.15) is 6.10 Å². The fourth-order valence-corrected chi connectivity index (χ4v) is 3.78. The second kappa shape index (κ2) is 16.4. The van der Waals surface area contributed by atoms with E-state index in [1.54, 1.807) is 10.6 Å². The molecule has 2 unspecified atom stereocenters. The van der Waals surface area contributed by atoms with Crippen LogP contribution in [0.15, 0.2) is 0 Å². The molecule has 4 N–H and O–H groups in total. The highest BCUT2D eigenvalue weighted by Gasteiger charge is 2.39. The summed E-state index contributed by atoms with van der Waals surface area (Å²) in [4.78, 5) is 30.9. The van der Waals surface area contributed by atoms with Gasteiger partial charge in [-0.05, 0) is 37.5 Å². The third-order valence-electron chi connectivity index (χ3n) is 5.10. The molecule has 0 rings (SSSR count). The zero-order valence-corrected chi connectivity index (χ0v) is 20.3. The molecule has 0 fully saturated rings. The first-order valence-corrected chi connectivity index (χ1v) is 12.2. The Balaban J connectivity index is 5.23. The molecule has 0 aromatic rings. The minimum atomic E-state index is -5.03. The summed E-state index contributed by atoms with van der Waals surface area (Å²) < 4.78 is 95.3. The highest BCUT2D eigenvalue weighted by atomic mass is 31.1. The molecule has 16 heteroatoms. The van der Waals surface area contributed by atoms with Crippen LogP contribution in [-0.2, 0) is 23.4 Å². The van der Waals surface area contributed by atoms with Crippen LogP contribution < -0.4 is 10.6 Å². The Hall–Kier alpha value is -1.41. The predicted molar refractivity (Wildman–Crippen MR) is 113 cm³/mol. The number of halogens is 6. The van der Waals surface area contributed by atoms with Gasteiger partial charge < -0.3 is 29.9 Å². The van der Waals surface area contributed by atoms with Crippen molar-refractivity contribution in [2.45, 2.75) is 70.3 Å². The Morgan fingerprint density at radius 2 is 1.37 bits per heavy atom. The summed E-state index contributed by atoms with van der Waals surface area (Å²) in [6.07, 6.45) is -8.64. The molecule has 0 bridgehead atoms. The van der Waals surface area contributed by atoms with Crippen molar-refractivity contribution in [3.63, 3.8) is 0 Å². The van der Waals surface area contributed by atoms with E-state index in [1.165, 1.54) is 0 Å². The minimum absolute atomic E-state index is 0.0420. The molecule has 0 spiro atoms. The molecule has 2 amide bonds. The summed E-state index contributed by atoms with van der Waals surface area (Å²) in [6.45, 7) is 0.341. The van der Waals surface area contributed by atoms with Crippen LogP contribution in [0.4, 0.5) is 26.3 Å². The number of carbonyl (C=O) groups is 2. The predicted octanol–water partition coefficient (Wildman–Crippen LogP) is 2.86. The van der Waals surface area contributed by atoms with E-state index in [0.717, 1.165) is 6.42 Å². The monoisotopic (exact) mass is 546 g/mol. The Morgan fingerprint density at radius 1 is 0.914 bits per heavy atom. The standard InChI is InChI=1S/C19H33F6N2O7P/c1-2-3-6-17(7-4-9-26-15(29)18(20,21)22,8-5-10-27-16(30)19(23,24)25)13-33-12-14(11-28)34-35(31)32/h14,28,35H,2-13H2,1H3,(H,26,29)(H,27,30)(H,31,32). The summed E-state index contributed by atoms with van der Waals surface area (Å²) in [5.41, 5.74) is -0.744. The van der Waals surface area contributed by atoms with Crippen molar-refractivity contribution in [1.82, 2.24) is 10.6 Å². The molecule has 0 saturated carbocycles. The lowest BCUT2D eigenvalue weighted by Crippen LogP contribution is -2.39. The second-order valence-corrected chi connectivity index (χ2v) is 8.79. The first-order chi connectivity index (χ1) is 16.2. The molecule has 9 nitrogen and oxygen atoms in total. The normalized spacial score (nSPS) is 14.4. The van der Waals surface area contributed by atoms with Crippen LogP contribution in [0.25, 0.3) is 0 Å². The molecule has 0 heterocycles. The van der Waals surface area contributed by atoms with Gasteiger partial charge in [0, 0.05) is 13.1 Å². The van der Waals surface area contributed by atoms with Crippen molar-refractivity contribution in [2.24, 2.45) is 5.41 Å². The van der Waals surface area contributed by atoms with Gasteiger partial charge in [0.2, 0.25) is 0 Å². The number of rotatable bonds is 18. The quantitative estimate of drug-likeness (QED) is 0.118. The van der Waals surface area contributed by atoms with Crippen molar-refractivity contribution in [1.29, 1.82) is 0 Å². The van der Waals surface area contributed by atoms with Gasteiger partial charge in [0.05, 0.1) is 19.8 Å². The molecule has 2 atom stereocenters. The Bertz CT molecular complexity index is 631. The van der Waals surface area contributed by atoms with Crippen molar-refractivity contribution in [3.8, 4) is 0 Å². The maximum Gasteiger partial charge on any atom is 0.471 e. The lowest BCUT2D eigenvalue weighted by Gasteiger charge is -2.35. The number of aliphatic hydroxyl groups excluding tert-OH is 1. The van der Waals surface area contributed by atoms with Crippen LogP contribution >= 0.6 is 8.25 Å². The van der Waals surface area contributed by atoms with E-state index in [4.69, 9.17) is 9.63 Å². The Morgan fingerprint density at radius 3 is 1.74 bits per heavy atom. The molecular formula is C19H33F6N2O7P. The number of nitrogens with one attached hydrogen (secondary N) is 2. The summed E-state index contributed by atoms with van der Waals surface area (Å²) in [6, 6.07) is 0. The molecule has 0 radical (unpaired) electrons. The number of hydrogen-bond donors (Lipinski definition) is 4. The third-order valence-corrected chi connectivity index (χ3v) is 5.63.